The van der Waals surface area contributed by atoms with Crippen molar-refractivity contribution in [3.8, 4) is 5.75 Å². The standard InChI is InChI=1S/C20H15N5O3S2/c1-28-14-9-7-13(8-10-14)21-18-17-16(11-12-29-17)25-19(22-18)20(23-24-25)30(26,27)15-5-3-2-4-6-15/h2-12H,1H3,(H,21,22). The lowest BCUT2D eigenvalue weighted by molar-refractivity contribution is 0.415. The lowest BCUT2D eigenvalue weighted by atomic mass is 10.3. The van der Waals surface area contributed by atoms with Gasteiger partial charge in [-0.1, -0.05) is 23.4 Å². The van der Waals surface area contributed by atoms with Crippen molar-refractivity contribution in [2.75, 3.05) is 12.4 Å². The molecule has 2 aromatic carbocycles. The zero-order valence-electron chi connectivity index (χ0n) is 15.7. The van der Waals surface area contributed by atoms with Gasteiger partial charge >= 0.3 is 0 Å². The summed E-state index contributed by atoms with van der Waals surface area (Å²) < 4.78 is 33.8. The molecule has 10 heteroatoms. The Bertz CT molecular complexity index is 1460. The number of sulfone groups is 1. The molecular weight excluding hydrogens is 422 g/mol. The van der Waals surface area contributed by atoms with Gasteiger partial charge in [0.05, 0.1) is 22.2 Å². The lowest BCUT2D eigenvalue weighted by Gasteiger charge is -2.09. The van der Waals surface area contributed by atoms with Crippen molar-refractivity contribution in [1.82, 2.24) is 19.8 Å². The van der Waals surface area contributed by atoms with Gasteiger partial charge in [0.2, 0.25) is 14.9 Å². The number of fused-ring (bicyclic) bond motifs is 3. The number of benzene rings is 2. The SMILES string of the molecule is COc1ccc(Nc2nc3c(S(=O)(=O)c4ccccc4)nnn3c3ccsc23)cc1. The summed E-state index contributed by atoms with van der Waals surface area (Å²) in [5, 5.41) is 13.0. The number of hydrogen-bond acceptors (Lipinski definition) is 8. The van der Waals surface area contributed by atoms with E-state index in [4.69, 9.17) is 4.74 Å². The van der Waals surface area contributed by atoms with Gasteiger partial charge in [-0.25, -0.2) is 13.4 Å². The molecule has 0 amide bonds. The fourth-order valence-corrected chi connectivity index (χ4v) is 5.18. The Morgan fingerprint density at radius 1 is 1.03 bits per heavy atom. The van der Waals surface area contributed by atoms with Gasteiger partial charge < -0.3 is 10.1 Å². The van der Waals surface area contributed by atoms with Crippen LogP contribution in [-0.2, 0) is 9.84 Å². The normalized spacial score (nSPS) is 11.8. The van der Waals surface area contributed by atoms with E-state index >= 15 is 0 Å². The Balaban J connectivity index is 1.68. The van der Waals surface area contributed by atoms with Crippen LogP contribution in [0.3, 0.4) is 0 Å². The minimum atomic E-state index is -3.87. The summed E-state index contributed by atoms with van der Waals surface area (Å²) in [6, 6.07) is 17.4. The highest BCUT2D eigenvalue weighted by atomic mass is 32.2. The second-order valence-corrected chi connectivity index (χ2v) is 9.18. The molecule has 0 aliphatic heterocycles. The maximum Gasteiger partial charge on any atom is 0.229 e. The summed E-state index contributed by atoms with van der Waals surface area (Å²) in [7, 11) is -2.26. The number of hydrogen-bond donors (Lipinski definition) is 1. The minimum absolute atomic E-state index is 0.143. The summed E-state index contributed by atoms with van der Waals surface area (Å²) in [5.74, 6) is 1.27. The molecule has 150 valence electrons. The van der Waals surface area contributed by atoms with E-state index in [0.29, 0.717) is 5.82 Å². The van der Waals surface area contributed by atoms with Crippen LogP contribution in [0.4, 0.5) is 11.5 Å². The fraction of sp³-hybridized carbons (Fsp3) is 0.0500. The lowest BCUT2D eigenvalue weighted by Crippen LogP contribution is -2.05. The Hall–Kier alpha value is -3.50. The van der Waals surface area contributed by atoms with Crippen LogP contribution in [0, 0.1) is 0 Å². The predicted molar refractivity (Wildman–Crippen MR) is 114 cm³/mol. The van der Waals surface area contributed by atoms with Gasteiger partial charge in [-0.15, -0.1) is 16.4 Å². The molecule has 0 saturated heterocycles. The first-order valence-corrected chi connectivity index (χ1v) is 11.3. The van der Waals surface area contributed by atoms with E-state index in [0.717, 1.165) is 21.7 Å². The monoisotopic (exact) mass is 437 g/mol. The molecule has 0 saturated carbocycles. The Morgan fingerprint density at radius 2 is 1.80 bits per heavy atom. The van der Waals surface area contributed by atoms with E-state index in [2.05, 4.69) is 20.6 Å². The van der Waals surface area contributed by atoms with E-state index in [1.807, 2.05) is 35.7 Å². The third-order valence-corrected chi connectivity index (χ3v) is 7.16. The molecule has 0 atom stereocenters. The highest BCUT2D eigenvalue weighted by Gasteiger charge is 2.27. The molecule has 8 nitrogen and oxygen atoms in total. The number of aromatic nitrogens is 4. The van der Waals surface area contributed by atoms with E-state index in [9.17, 15) is 8.42 Å². The molecule has 0 fully saturated rings. The zero-order chi connectivity index (χ0) is 20.7. The van der Waals surface area contributed by atoms with E-state index in [-0.39, 0.29) is 15.6 Å². The maximum atomic E-state index is 13.1. The summed E-state index contributed by atoms with van der Waals surface area (Å²) in [5.41, 5.74) is 1.69. The topological polar surface area (TPSA) is 98.5 Å². The van der Waals surface area contributed by atoms with E-state index in [1.54, 1.807) is 25.3 Å². The molecule has 5 rings (SSSR count). The van der Waals surface area contributed by atoms with Crippen LogP contribution in [0.5, 0.6) is 5.75 Å². The van der Waals surface area contributed by atoms with Crippen LogP contribution in [0.25, 0.3) is 15.9 Å². The maximum absolute atomic E-state index is 13.1. The molecule has 0 aliphatic rings. The molecule has 0 spiro atoms. The van der Waals surface area contributed by atoms with Crippen LogP contribution < -0.4 is 10.1 Å². The molecule has 0 aliphatic carbocycles. The molecule has 1 N–H and O–H groups in total. The average molecular weight is 438 g/mol. The quantitative estimate of drug-likeness (QED) is 0.445. The van der Waals surface area contributed by atoms with Crippen LogP contribution in [0.2, 0.25) is 0 Å². The van der Waals surface area contributed by atoms with Crippen molar-refractivity contribution in [3.05, 3.63) is 66.0 Å². The first kappa shape index (κ1) is 18.5. The molecule has 30 heavy (non-hydrogen) atoms. The average Bonchev–Trinajstić information content (AvgIpc) is 3.42. The second-order valence-electron chi connectivity index (χ2n) is 6.40. The van der Waals surface area contributed by atoms with Crippen LogP contribution in [0.15, 0.2) is 76.0 Å². The number of anilines is 2. The summed E-state index contributed by atoms with van der Waals surface area (Å²) >= 11 is 1.48. The van der Waals surface area contributed by atoms with Crippen molar-refractivity contribution in [2.45, 2.75) is 9.92 Å². The van der Waals surface area contributed by atoms with Crippen molar-refractivity contribution in [1.29, 1.82) is 0 Å². The Labute approximate surface area is 175 Å². The number of ether oxygens (including phenoxy) is 1. The minimum Gasteiger partial charge on any atom is -0.497 e. The summed E-state index contributed by atoms with van der Waals surface area (Å²) in [6.07, 6.45) is 0. The van der Waals surface area contributed by atoms with E-state index < -0.39 is 9.84 Å². The number of methoxy groups -OCH3 is 1. The first-order valence-electron chi connectivity index (χ1n) is 8.92. The first-order chi connectivity index (χ1) is 14.6. The van der Waals surface area contributed by atoms with Crippen molar-refractivity contribution >= 4 is 48.5 Å². The van der Waals surface area contributed by atoms with Gasteiger partial charge in [0.1, 0.15) is 5.75 Å². The van der Waals surface area contributed by atoms with Gasteiger partial charge in [0.25, 0.3) is 0 Å². The van der Waals surface area contributed by atoms with Crippen LogP contribution in [0.1, 0.15) is 0 Å². The smallest absolute Gasteiger partial charge is 0.229 e. The molecule has 3 heterocycles. The highest BCUT2D eigenvalue weighted by molar-refractivity contribution is 7.91. The Morgan fingerprint density at radius 3 is 2.53 bits per heavy atom. The van der Waals surface area contributed by atoms with Gasteiger partial charge in [0.15, 0.2) is 11.5 Å². The molecule has 0 unspecified atom stereocenters. The predicted octanol–water partition coefficient (Wildman–Crippen LogP) is 3.92. The number of nitrogens with zero attached hydrogens (tertiary/aromatic N) is 4. The third-order valence-electron chi connectivity index (χ3n) is 4.58. The van der Waals surface area contributed by atoms with Crippen molar-refractivity contribution < 1.29 is 13.2 Å². The fourth-order valence-electron chi connectivity index (χ4n) is 3.10. The van der Waals surface area contributed by atoms with Crippen LogP contribution >= 0.6 is 11.3 Å². The molecule has 0 radical (unpaired) electrons. The summed E-state index contributed by atoms with van der Waals surface area (Å²) in [4.78, 5) is 4.73. The number of thiophene rings is 1. The number of rotatable bonds is 5. The molecule has 3 aromatic heterocycles. The van der Waals surface area contributed by atoms with Gasteiger partial charge in [0, 0.05) is 5.69 Å². The van der Waals surface area contributed by atoms with E-state index in [1.165, 1.54) is 28.0 Å². The largest absolute Gasteiger partial charge is 0.497 e. The van der Waals surface area contributed by atoms with Crippen molar-refractivity contribution in [3.63, 3.8) is 0 Å². The molecular formula is C20H15N5O3S2. The third kappa shape index (κ3) is 2.97. The van der Waals surface area contributed by atoms with Gasteiger partial charge in [-0.3, -0.25) is 0 Å². The second kappa shape index (κ2) is 7.08. The highest BCUT2D eigenvalue weighted by Crippen LogP contribution is 2.32. The number of nitrogens with one attached hydrogen (secondary N) is 1. The molecule has 5 aromatic rings. The zero-order valence-corrected chi connectivity index (χ0v) is 17.3. The summed E-state index contributed by atoms with van der Waals surface area (Å²) in [6.45, 7) is 0. The van der Waals surface area contributed by atoms with Crippen LogP contribution in [-0.4, -0.2) is 35.3 Å². The van der Waals surface area contributed by atoms with Crippen molar-refractivity contribution in [2.24, 2.45) is 0 Å². The molecule has 0 bridgehead atoms. The Kier molecular flexibility index (Phi) is 4.37. The van der Waals surface area contributed by atoms with Gasteiger partial charge in [-0.2, -0.15) is 4.52 Å². The van der Waals surface area contributed by atoms with Gasteiger partial charge in [-0.05, 0) is 47.8 Å².